The largest absolute Gasteiger partial charge is 0.339 e. The van der Waals surface area contributed by atoms with Crippen LogP contribution in [-0.2, 0) is 4.79 Å². The van der Waals surface area contributed by atoms with Crippen molar-refractivity contribution in [1.82, 2.24) is 9.80 Å². The van der Waals surface area contributed by atoms with E-state index >= 15 is 0 Å². The van der Waals surface area contributed by atoms with Crippen molar-refractivity contribution in [2.45, 2.75) is 31.7 Å². The third kappa shape index (κ3) is 4.97. The van der Waals surface area contributed by atoms with Crippen LogP contribution in [0.5, 0.6) is 0 Å². The molecule has 0 radical (unpaired) electrons. The Balaban J connectivity index is 1.10. The van der Waals surface area contributed by atoms with E-state index < -0.39 is 0 Å². The third-order valence-electron chi connectivity index (χ3n) is 7.28. The van der Waals surface area contributed by atoms with Gasteiger partial charge in [-0.05, 0) is 85.9 Å². The summed E-state index contributed by atoms with van der Waals surface area (Å²) < 4.78 is 13.1. The third-order valence-corrected chi connectivity index (χ3v) is 7.28. The van der Waals surface area contributed by atoms with Crippen LogP contribution >= 0.6 is 0 Å². The molecule has 6 heteroatoms. The molecule has 2 aliphatic rings. The summed E-state index contributed by atoms with van der Waals surface area (Å²) >= 11 is 0. The lowest BCUT2D eigenvalue weighted by atomic mass is 9.92. The fraction of sp³-hybridized carbons (Fsp3) is 0.357. The van der Waals surface area contributed by atoms with Crippen molar-refractivity contribution >= 4 is 28.3 Å². The van der Waals surface area contributed by atoms with Gasteiger partial charge < -0.3 is 15.1 Å². The van der Waals surface area contributed by atoms with Crippen LogP contribution in [-0.4, -0.2) is 53.8 Å². The number of likely N-dealkylation sites (tertiary alicyclic amines) is 2. The number of amides is 2. The number of nitrogens with zero attached hydrogens (tertiary/aromatic N) is 2. The maximum Gasteiger partial charge on any atom is 0.253 e. The smallest absolute Gasteiger partial charge is 0.253 e. The van der Waals surface area contributed by atoms with Crippen LogP contribution in [0.3, 0.4) is 0 Å². The van der Waals surface area contributed by atoms with E-state index in [9.17, 15) is 14.0 Å². The Kier molecular flexibility index (Phi) is 6.59. The number of carbonyl (C=O) groups is 2. The van der Waals surface area contributed by atoms with Gasteiger partial charge in [0.05, 0.1) is 0 Å². The Morgan fingerprint density at radius 1 is 0.794 bits per heavy atom. The monoisotopic (exact) mass is 459 g/mol. The summed E-state index contributed by atoms with van der Waals surface area (Å²) in [7, 11) is 0. The first-order chi connectivity index (χ1) is 16.6. The highest BCUT2D eigenvalue weighted by atomic mass is 19.1. The van der Waals surface area contributed by atoms with Crippen molar-refractivity contribution in [2.24, 2.45) is 5.92 Å². The van der Waals surface area contributed by atoms with Gasteiger partial charge in [-0.25, -0.2) is 4.39 Å². The average molecular weight is 460 g/mol. The molecular weight excluding hydrogens is 429 g/mol. The van der Waals surface area contributed by atoms with Gasteiger partial charge in [0.1, 0.15) is 5.82 Å². The van der Waals surface area contributed by atoms with Crippen LogP contribution in [0, 0.1) is 11.7 Å². The highest BCUT2D eigenvalue weighted by Crippen LogP contribution is 2.26. The highest BCUT2D eigenvalue weighted by Gasteiger charge is 2.32. The summed E-state index contributed by atoms with van der Waals surface area (Å²) in [5.74, 6) is -0.199. The molecule has 0 spiro atoms. The molecular formula is C28H30FN3O2. The predicted molar refractivity (Wildman–Crippen MR) is 132 cm³/mol. The standard InChI is InChI=1S/C28H30FN3O2/c29-24-7-9-25(10-8-24)30-27(33)21-11-15-31(16-12-21)26-13-17-32(18-14-26)28(34)23-6-5-20-3-1-2-4-22(20)19-23/h1-10,19,21,26H,11-18H2,(H,30,33). The average Bonchev–Trinajstić information content (AvgIpc) is 2.89. The zero-order chi connectivity index (χ0) is 23.5. The topological polar surface area (TPSA) is 52.7 Å². The van der Waals surface area contributed by atoms with Crippen LogP contribution < -0.4 is 5.32 Å². The fourth-order valence-electron chi connectivity index (χ4n) is 5.24. The van der Waals surface area contributed by atoms with Gasteiger partial charge in [0.25, 0.3) is 5.91 Å². The number of nitrogens with one attached hydrogen (secondary N) is 1. The van der Waals surface area contributed by atoms with Crippen LogP contribution in [0.25, 0.3) is 10.8 Å². The van der Waals surface area contributed by atoms with Gasteiger partial charge in [0, 0.05) is 36.3 Å². The number of hydrogen-bond donors (Lipinski definition) is 1. The first kappa shape index (κ1) is 22.5. The molecule has 2 heterocycles. The Hall–Kier alpha value is -3.25. The number of carbonyl (C=O) groups excluding carboxylic acids is 2. The molecule has 5 nitrogen and oxygen atoms in total. The number of fused-ring (bicyclic) bond motifs is 1. The highest BCUT2D eigenvalue weighted by molar-refractivity contribution is 5.98. The summed E-state index contributed by atoms with van der Waals surface area (Å²) in [6, 6.07) is 20.4. The Labute approximate surface area is 199 Å². The predicted octanol–water partition coefficient (Wildman–Crippen LogP) is 4.93. The Morgan fingerprint density at radius 3 is 2.18 bits per heavy atom. The van der Waals surface area contributed by atoms with Crippen LogP contribution in [0.4, 0.5) is 10.1 Å². The first-order valence-corrected chi connectivity index (χ1v) is 12.2. The second kappa shape index (κ2) is 9.94. The first-order valence-electron chi connectivity index (χ1n) is 12.2. The number of anilines is 1. The molecule has 0 unspecified atom stereocenters. The molecule has 0 aromatic heterocycles. The lowest BCUT2D eigenvalue weighted by Crippen LogP contribution is -2.49. The van der Waals surface area contributed by atoms with Crippen molar-refractivity contribution in [3.05, 3.63) is 78.1 Å². The minimum Gasteiger partial charge on any atom is -0.339 e. The van der Waals surface area contributed by atoms with Gasteiger partial charge in [0.2, 0.25) is 5.91 Å². The maximum absolute atomic E-state index is 13.1. The molecule has 2 saturated heterocycles. The SMILES string of the molecule is O=C(Nc1ccc(F)cc1)C1CCN(C2CCN(C(=O)c3ccc4ccccc4c3)CC2)CC1. The second-order valence-electron chi connectivity index (χ2n) is 9.39. The number of rotatable bonds is 4. The van der Waals surface area contributed by atoms with E-state index in [-0.39, 0.29) is 23.5 Å². The van der Waals surface area contributed by atoms with Gasteiger partial charge in [-0.15, -0.1) is 0 Å². The van der Waals surface area contributed by atoms with Crippen molar-refractivity contribution in [3.8, 4) is 0 Å². The molecule has 2 fully saturated rings. The van der Waals surface area contributed by atoms with Crippen LogP contribution in [0.1, 0.15) is 36.0 Å². The van der Waals surface area contributed by atoms with Crippen molar-refractivity contribution in [3.63, 3.8) is 0 Å². The van der Waals surface area contributed by atoms with Gasteiger partial charge >= 0.3 is 0 Å². The molecule has 3 aromatic carbocycles. The van der Waals surface area contributed by atoms with Crippen LogP contribution in [0.2, 0.25) is 0 Å². The van der Waals surface area contributed by atoms with E-state index in [1.807, 2.05) is 41.3 Å². The second-order valence-corrected chi connectivity index (χ2v) is 9.39. The molecule has 2 amide bonds. The lowest BCUT2D eigenvalue weighted by Gasteiger charge is -2.41. The molecule has 2 aliphatic heterocycles. The van der Waals surface area contributed by atoms with Gasteiger partial charge in [0.15, 0.2) is 0 Å². The number of benzene rings is 3. The molecule has 34 heavy (non-hydrogen) atoms. The summed E-state index contributed by atoms with van der Waals surface area (Å²) in [5.41, 5.74) is 1.39. The van der Waals surface area contributed by atoms with E-state index in [0.29, 0.717) is 11.7 Å². The number of halogens is 1. The molecule has 0 atom stereocenters. The molecule has 176 valence electrons. The van der Waals surface area contributed by atoms with E-state index in [1.54, 1.807) is 12.1 Å². The Bertz CT molecular complexity index is 1160. The summed E-state index contributed by atoms with van der Waals surface area (Å²) in [5, 5.41) is 5.15. The van der Waals surface area contributed by atoms with Gasteiger partial charge in [-0.3, -0.25) is 9.59 Å². The molecule has 0 aliphatic carbocycles. The van der Waals surface area contributed by atoms with Crippen molar-refractivity contribution < 1.29 is 14.0 Å². The zero-order valence-electron chi connectivity index (χ0n) is 19.3. The van der Waals surface area contributed by atoms with E-state index in [4.69, 9.17) is 0 Å². The normalized spacial score (nSPS) is 18.2. The summed E-state index contributed by atoms with van der Waals surface area (Å²) in [6.07, 6.45) is 3.57. The van der Waals surface area contributed by atoms with E-state index in [0.717, 1.165) is 68.2 Å². The minimum atomic E-state index is -0.309. The molecule has 0 saturated carbocycles. The molecule has 0 bridgehead atoms. The minimum absolute atomic E-state index is 0.0158. The van der Waals surface area contributed by atoms with Crippen molar-refractivity contribution in [1.29, 1.82) is 0 Å². The number of hydrogen-bond acceptors (Lipinski definition) is 3. The summed E-state index contributed by atoms with van der Waals surface area (Å²) in [6.45, 7) is 3.32. The maximum atomic E-state index is 13.1. The number of piperidine rings is 2. The van der Waals surface area contributed by atoms with Crippen LogP contribution in [0.15, 0.2) is 66.7 Å². The summed E-state index contributed by atoms with van der Waals surface area (Å²) in [4.78, 5) is 30.1. The molecule has 3 aromatic rings. The quantitative estimate of drug-likeness (QED) is 0.602. The lowest BCUT2D eigenvalue weighted by molar-refractivity contribution is -0.121. The molecule has 5 rings (SSSR count). The Morgan fingerprint density at radius 2 is 1.47 bits per heavy atom. The zero-order valence-corrected chi connectivity index (χ0v) is 19.3. The molecule has 1 N–H and O–H groups in total. The van der Waals surface area contributed by atoms with Gasteiger partial charge in [-0.2, -0.15) is 0 Å². The van der Waals surface area contributed by atoms with Crippen molar-refractivity contribution in [2.75, 3.05) is 31.5 Å². The van der Waals surface area contributed by atoms with E-state index in [2.05, 4.69) is 16.3 Å². The van der Waals surface area contributed by atoms with E-state index in [1.165, 1.54) is 12.1 Å². The van der Waals surface area contributed by atoms with Gasteiger partial charge in [-0.1, -0.05) is 30.3 Å². The fourth-order valence-corrected chi connectivity index (χ4v) is 5.24.